The Morgan fingerprint density at radius 1 is 1.20 bits per heavy atom. The minimum atomic E-state index is -4.98. The van der Waals surface area contributed by atoms with Crippen LogP contribution in [0.25, 0.3) is 5.69 Å². The van der Waals surface area contributed by atoms with E-state index in [-0.39, 0.29) is 32.3 Å². The van der Waals surface area contributed by atoms with Crippen LogP contribution in [0.3, 0.4) is 0 Å². The van der Waals surface area contributed by atoms with Crippen molar-refractivity contribution in [1.82, 2.24) is 9.13 Å². The molecule has 0 aliphatic heterocycles. The molecular weight excluding hydrogens is 432 g/mol. The van der Waals surface area contributed by atoms with Gasteiger partial charge in [-0.1, -0.05) is 32.4 Å². The van der Waals surface area contributed by atoms with Crippen molar-refractivity contribution < 1.29 is 22.4 Å². The first-order valence-electron chi connectivity index (χ1n) is 8.52. The molecule has 0 aliphatic rings. The largest absolute Gasteiger partial charge is 0.431 e. The third-order valence-corrected chi connectivity index (χ3v) is 4.33. The van der Waals surface area contributed by atoms with Gasteiger partial charge in [0.1, 0.15) is 11.4 Å². The fraction of sp³-hybridized carbons (Fsp3) is 0.389. The topological polar surface area (TPSA) is 99.1 Å². The van der Waals surface area contributed by atoms with Crippen molar-refractivity contribution in [3.8, 4) is 5.69 Å². The predicted octanol–water partition coefficient (Wildman–Crippen LogP) is 3.30. The molecule has 0 spiro atoms. The van der Waals surface area contributed by atoms with E-state index in [1.807, 2.05) is 0 Å². The van der Waals surface area contributed by atoms with Gasteiger partial charge in [-0.2, -0.15) is 13.2 Å². The van der Waals surface area contributed by atoms with Gasteiger partial charge in [-0.25, -0.2) is 13.8 Å². The third-order valence-electron chi connectivity index (χ3n) is 4.03. The minimum Gasteiger partial charge on any atom is -0.395 e. The Balaban J connectivity index is 2.73. The number of hydrogen-bond acceptors (Lipinski definition) is 4. The molecule has 0 saturated heterocycles. The molecular formula is C18H19ClF4N4O3. The maximum absolute atomic E-state index is 14.6. The van der Waals surface area contributed by atoms with E-state index in [4.69, 9.17) is 17.3 Å². The second-order valence-electron chi connectivity index (χ2n) is 7.81. The summed E-state index contributed by atoms with van der Waals surface area (Å²) in [5.41, 5.74) is -0.645. The van der Waals surface area contributed by atoms with Crippen LogP contribution in [0, 0.1) is 11.2 Å². The molecule has 0 bridgehead atoms. The summed E-state index contributed by atoms with van der Waals surface area (Å²) in [6, 6.07) is 0.843. The van der Waals surface area contributed by atoms with Gasteiger partial charge in [-0.3, -0.25) is 14.2 Å². The summed E-state index contributed by atoms with van der Waals surface area (Å²) >= 11 is 5.95. The summed E-state index contributed by atoms with van der Waals surface area (Å²) in [5, 5.41) is 2.08. The van der Waals surface area contributed by atoms with E-state index in [0.717, 1.165) is 7.05 Å². The van der Waals surface area contributed by atoms with E-state index < -0.39 is 51.6 Å². The fourth-order valence-electron chi connectivity index (χ4n) is 2.75. The number of benzene rings is 1. The van der Waals surface area contributed by atoms with Crippen LogP contribution in [-0.2, 0) is 18.0 Å². The lowest BCUT2D eigenvalue weighted by atomic mass is 9.92. The molecule has 1 amide bonds. The molecule has 0 unspecified atom stereocenters. The van der Waals surface area contributed by atoms with E-state index in [9.17, 15) is 31.9 Å². The van der Waals surface area contributed by atoms with Crippen LogP contribution >= 0.6 is 11.6 Å². The first kappa shape index (κ1) is 23.5. The third kappa shape index (κ3) is 4.66. The summed E-state index contributed by atoms with van der Waals surface area (Å²) in [7, 11) is 0.775. The zero-order chi connectivity index (χ0) is 23.2. The van der Waals surface area contributed by atoms with Crippen molar-refractivity contribution in [2.24, 2.45) is 12.5 Å². The Morgan fingerprint density at radius 3 is 2.27 bits per heavy atom. The lowest BCUT2D eigenvalue weighted by Gasteiger charge is -2.20. The molecule has 3 N–H and O–H groups in total. The number of nitrogens with zero attached hydrogens (tertiary/aromatic N) is 2. The Labute approximate surface area is 173 Å². The summed E-state index contributed by atoms with van der Waals surface area (Å²) in [6.45, 7) is 5.37. The molecule has 0 aliphatic carbocycles. The van der Waals surface area contributed by atoms with Gasteiger partial charge < -0.3 is 11.1 Å². The van der Waals surface area contributed by atoms with Crippen LogP contribution in [0.1, 0.15) is 32.9 Å². The van der Waals surface area contributed by atoms with Crippen molar-refractivity contribution in [3.05, 3.63) is 49.5 Å². The van der Waals surface area contributed by atoms with Gasteiger partial charge in [-0.15, -0.1) is 0 Å². The van der Waals surface area contributed by atoms with Crippen LogP contribution in [-0.4, -0.2) is 15.0 Å². The number of nitrogens with two attached hydrogens (primary N) is 1. The number of nitrogen functional groups attached to an aromatic ring is 1. The molecule has 1 heterocycles. The zero-order valence-electron chi connectivity index (χ0n) is 16.4. The average molecular weight is 451 g/mol. The van der Waals surface area contributed by atoms with Gasteiger partial charge in [0, 0.05) is 19.5 Å². The van der Waals surface area contributed by atoms with Gasteiger partial charge in [0.05, 0.1) is 16.4 Å². The van der Waals surface area contributed by atoms with Crippen molar-refractivity contribution in [3.63, 3.8) is 0 Å². The van der Waals surface area contributed by atoms with E-state index >= 15 is 0 Å². The Morgan fingerprint density at radius 2 is 1.77 bits per heavy atom. The van der Waals surface area contributed by atoms with Crippen molar-refractivity contribution in [2.75, 3.05) is 11.1 Å². The molecule has 0 atom stereocenters. The van der Waals surface area contributed by atoms with Crippen LogP contribution in [0.4, 0.5) is 28.9 Å². The lowest BCUT2D eigenvalue weighted by Crippen LogP contribution is -2.41. The number of alkyl halides is 3. The molecule has 2 aromatic rings. The summed E-state index contributed by atoms with van der Waals surface area (Å²) in [6.07, 6.45) is -4.94. The normalized spacial score (nSPS) is 12.2. The second kappa shape index (κ2) is 7.78. The fourth-order valence-corrected chi connectivity index (χ4v) is 3.00. The van der Waals surface area contributed by atoms with Gasteiger partial charge >= 0.3 is 11.9 Å². The van der Waals surface area contributed by atoms with Gasteiger partial charge in [0.2, 0.25) is 5.91 Å². The molecule has 0 saturated carbocycles. The molecule has 164 valence electrons. The van der Waals surface area contributed by atoms with Crippen LogP contribution in [0.2, 0.25) is 5.02 Å². The number of hydrogen-bond donors (Lipinski definition) is 2. The maximum Gasteiger partial charge on any atom is 0.431 e. The SMILES string of the molecule is Cn1c(C(F)(F)F)cc(=O)n(-c2c(F)cc(Cl)c(NC(=O)CC(C)(C)C)c2N)c1=O. The molecule has 30 heavy (non-hydrogen) atoms. The highest BCUT2D eigenvalue weighted by molar-refractivity contribution is 6.34. The number of nitrogens with one attached hydrogen (secondary N) is 1. The Kier molecular flexibility index (Phi) is 6.09. The van der Waals surface area contributed by atoms with Crippen molar-refractivity contribution in [1.29, 1.82) is 0 Å². The standard InChI is InChI=1S/C18H19ClF4N4O3/c1-17(2,3)7-11(28)25-14-8(19)5-9(20)15(13(14)24)27-12(29)6-10(18(21,22)23)26(4)16(27)30/h5-6H,7,24H2,1-4H3,(H,25,28). The minimum absolute atomic E-state index is 0.0392. The number of rotatable bonds is 3. The molecule has 2 rings (SSSR count). The first-order chi connectivity index (χ1) is 13.5. The highest BCUT2D eigenvalue weighted by Crippen LogP contribution is 2.36. The van der Waals surface area contributed by atoms with E-state index in [1.165, 1.54) is 0 Å². The summed E-state index contributed by atoms with van der Waals surface area (Å²) < 4.78 is 54.0. The quantitative estimate of drug-likeness (QED) is 0.553. The Bertz CT molecular complexity index is 1130. The number of anilines is 2. The average Bonchev–Trinajstić information content (AvgIpc) is 2.55. The number of aromatic nitrogens is 2. The number of halogens is 5. The molecule has 1 aromatic carbocycles. The van der Waals surface area contributed by atoms with Crippen molar-refractivity contribution >= 4 is 28.9 Å². The monoisotopic (exact) mass is 450 g/mol. The zero-order valence-corrected chi connectivity index (χ0v) is 17.2. The molecule has 0 fully saturated rings. The van der Waals surface area contributed by atoms with Crippen molar-refractivity contribution in [2.45, 2.75) is 33.4 Å². The summed E-state index contributed by atoms with van der Waals surface area (Å²) in [4.78, 5) is 37.0. The van der Waals surface area contributed by atoms with Gasteiger partial charge in [0.25, 0.3) is 5.56 Å². The lowest BCUT2D eigenvalue weighted by molar-refractivity contribution is -0.144. The Hall–Kier alpha value is -2.82. The highest BCUT2D eigenvalue weighted by atomic mass is 35.5. The van der Waals surface area contributed by atoms with Crippen LogP contribution in [0.5, 0.6) is 0 Å². The van der Waals surface area contributed by atoms with E-state index in [2.05, 4.69) is 5.32 Å². The second-order valence-corrected chi connectivity index (χ2v) is 8.21. The number of carbonyl (C=O) groups is 1. The predicted molar refractivity (Wildman–Crippen MR) is 104 cm³/mol. The highest BCUT2D eigenvalue weighted by Gasteiger charge is 2.35. The first-order valence-corrected chi connectivity index (χ1v) is 8.90. The molecule has 7 nitrogen and oxygen atoms in total. The van der Waals surface area contributed by atoms with Gasteiger partial charge in [0.15, 0.2) is 5.82 Å². The number of carbonyl (C=O) groups excluding carboxylic acids is 1. The molecule has 1 aromatic heterocycles. The van der Waals surface area contributed by atoms with E-state index in [0.29, 0.717) is 6.07 Å². The maximum atomic E-state index is 14.6. The molecule has 12 heteroatoms. The van der Waals surface area contributed by atoms with E-state index in [1.54, 1.807) is 20.8 Å². The summed E-state index contributed by atoms with van der Waals surface area (Å²) in [5.74, 6) is -1.76. The van der Waals surface area contributed by atoms with Crippen LogP contribution in [0.15, 0.2) is 21.7 Å². The smallest absolute Gasteiger partial charge is 0.395 e. The molecule has 0 radical (unpaired) electrons. The number of amides is 1. The van der Waals surface area contributed by atoms with Gasteiger partial charge in [-0.05, 0) is 11.5 Å². The van der Waals surface area contributed by atoms with Crippen LogP contribution < -0.4 is 22.3 Å².